The van der Waals surface area contributed by atoms with Crippen LogP contribution in [-0.2, 0) is 0 Å². The molecule has 0 spiro atoms. The van der Waals surface area contributed by atoms with E-state index in [1.807, 2.05) is 19.1 Å². The van der Waals surface area contributed by atoms with E-state index in [2.05, 4.69) is 12.2 Å². The molecule has 1 saturated heterocycles. The molecule has 0 saturated carbocycles. The van der Waals surface area contributed by atoms with Gasteiger partial charge in [0.2, 0.25) is 0 Å². The van der Waals surface area contributed by atoms with Crippen molar-refractivity contribution in [3.8, 4) is 0 Å². The number of thiophene rings is 1. The van der Waals surface area contributed by atoms with Crippen LogP contribution < -0.4 is 5.32 Å². The summed E-state index contributed by atoms with van der Waals surface area (Å²) in [6.45, 7) is 6.14. The smallest absolute Gasteiger partial charge is 0.177 e. The molecule has 1 aliphatic heterocycles. The largest absolute Gasteiger partial charge is 0.316 e. The molecule has 2 rings (SSSR count). The van der Waals surface area contributed by atoms with E-state index in [9.17, 15) is 4.79 Å². The first-order valence-electron chi connectivity index (χ1n) is 5.48. The summed E-state index contributed by atoms with van der Waals surface area (Å²) < 4.78 is 0. The van der Waals surface area contributed by atoms with Gasteiger partial charge in [-0.05, 0) is 37.9 Å². The Morgan fingerprint density at radius 1 is 1.47 bits per heavy atom. The molecule has 3 heteroatoms. The third kappa shape index (κ3) is 2.47. The lowest BCUT2D eigenvalue weighted by molar-refractivity contribution is 0.0886. The van der Waals surface area contributed by atoms with Crippen LogP contribution in [0, 0.1) is 18.8 Å². The topological polar surface area (TPSA) is 29.1 Å². The fraction of sp³-hybridized carbons (Fsp3) is 0.583. The number of ketones is 1. The maximum Gasteiger partial charge on any atom is 0.177 e. The zero-order chi connectivity index (χ0) is 10.8. The van der Waals surface area contributed by atoms with E-state index in [0.717, 1.165) is 24.4 Å². The molecule has 0 radical (unpaired) electrons. The minimum absolute atomic E-state index is 0.187. The van der Waals surface area contributed by atoms with E-state index in [4.69, 9.17) is 0 Å². The molecule has 82 valence electrons. The normalized spacial score (nSPS) is 26.5. The van der Waals surface area contributed by atoms with Crippen molar-refractivity contribution >= 4 is 17.1 Å². The van der Waals surface area contributed by atoms with E-state index >= 15 is 0 Å². The van der Waals surface area contributed by atoms with Crippen LogP contribution in [0.2, 0.25) is 0 Å². The van der Waals surface area contributed by atoms with Crippen LogP contribution in [0.3, 0.4) is 0 Å². The standard InChI is InChI=1S/C12H17NOS/c1-8-5-10(7-13-6-8)12(14)11-4-3-9(2)15-11/h3-4,8,10,13H,5-7H2,1-2H3. The highest BCUT2D eigenvalue weighted by Gasteiger charge is 2.26. The van der Waals surface area contributed by atoms with E-state index in [0.29, 0.717) is 11.7 Å². The van der Waals surface area contributed by atoms with E-state index < -0.39 is 0 Å². The Morgan fingerprint density at radius 3 is 2.87 bits per heavy atom. The fourth-order valence-electron chi connectivity index (χ4n) is 2.12. The van der Waals surface area contributed by atoms with Gasteiger partial charge in [-0.15, -0.1) is 11.3 Å². The first-order valence-corrected chi connectivity index (χ1v) is 6.30. The average Bonchev–Trinajstić information content (AvgIpc) is 2.64. The van der Waals surface area contributed by atoms with Crippen LogP contribution >= 0.6 is 11.3 Å². The maximum atomic E-state index is 12.1. The number of hydrogen-bond acceptors (Lipinski definition) is 3. The quantitative estimate of drug-likeness (QED) is 0.780. The number of hydrogen-bond donors (Lipinski definition) is 1. The lowest BCUT2D eigenvalue weighted by atomic mass is 9.88. The zero-order valence-electron chi connectivity index (χ0n) is 9.25. The summed E-state index contributed by atoms with van der Waals surface area (Å²) in [4.78, 5) is 14.3. The second kappa shape index (κ2) is 4.45. The molecule has 1 N–H and O–H groups in total. The Hall–Kier alpha value is -0.670. The predicted molar refractivity (Wildman–Crippen MR) is 63.5 cm³/mol. The van der Waals surface area contributed by atoms with Gasteiger partial charge in [-0.25, -0.2) is 0 Å². The summed E-state index contributed by atoms with van der Waals surface area (Å²) in [5.74, 6) is 1.13. The Morgan fingerprint density at radius 2 is 2.27 bits per heavy atom. The highest BCUT2D eigenvalue weighted by atomic mass is 32.1. The molecule has 2 atom stereocenters. The summed E-state index contributed by atoms with van der Waals surface area (Å²) in [5, 5.41) is 3.33. The van der Waals surface area contributed by atoms with Gasteiger partial charge in [-0.3, -0.25) is 4.79 Å². The van der Waals surface area contributed by atoms with Crippen LogP contribution in [0.1, 0.15) is 27.9 Å². The van der Waals surface area contributed by atoms with E-state index in [-0.39, 0.29) is 5.92 Å². The van der Waals surface area contributed by atoms with Crippen molar-refractivity contribution in [1.29, 1.82) is 0 Å². The van der Waals surface area contributed by atoms with Crippen molar-refractivity contribution < 1.29 is 4.79 Å². The highest BCUT2D eigenvalue weighted by Crippen LogP contribution is 2.24. The van der Waals surface area contributed by atoms with Gasteiger partial charge in [0.05, 0.1) is 4.88 Å². The summed E-state index contributed by atoms with van der Waals surface area (Å²) in [6, 6.07) is 3.99. The molecular weight excluding hydrogens is 206 g/mol. The number of carbonyl (C=O) groups is 1. The summed E-state index contributed by atoms with van der Waals surface area (Å²) in [7, 11) is 0. The minimum atomic E-state index is 0.187. The Kier molecular flexibility index (Phi) is 3.22. The zero-order valence-corrected chi connectivity index (χ0v) is 10.1. The number of nitrogens with one attached hydrogen (secondary N) is 1. The lowest BCUT2D eigenvalue weighted by Gasteiger charge is -2.26. The SMILES string of the molecule is Cc1ccc(C(=O)C2CNCC(C)C2)s1. The third-order valence-electron chi connectivity index (χ3n) is 2.92. The fourth-order valence-corrected chi connectivity index (χ4v) is 3.01. The summed E-state index contributed by atoms with van der Waals surface area (Å²) >= 11 is 1.61. The van der Waals surface area contributed by atoms with Gasteiger partial charge in [0.25, 0.3) is 0 Å². The molecule has 1 fully saturated rings. The molecule has 0 bridgehead atoms. The maximum absolute atomic E-state index is 12.1. The number of piperidine rings is 1. The molecule has 1 aliphatic rings. The van der Waals surface area contributed by atoms with Crippen LogP contribution in [0.5, 0.6) is 0 Å². The third-order valence-corrected chi connectivity index (χ3v) is 3.94. The Balaban J connectivity index is 2.07. The molecule has 2 unspecified atom stereocenters. The highest BCUT2D eigenvalue weighted by molar-refractivity contribution is 7.14. The number of Topliss-reactive ketones (excluding diaryl/α,β-unsaturated/α-hetero) is 1. The molecule has 2 heterocycles. The number of rotatable bonds is 2. The number of carbonyl (C=O) groups excluding carboxylic acids is 1. The van der Waals surface area contributed by atoms with Gasteiger partial charge < -0.3 is 5.32 Å². The second-order valence-corrected chi connectivity index (χ2v) is 5.76. The van der Waals surface area contributed by atoms with Crippen LogP contribution in [0.25, 0.3) is 0 Å². The van der Waals surface area contributed by atoms with Gasteiger partial charge >= 0.3 is 0 Å². The van der Waals surface area contributed by atoms with Crippen LogP contribution in [0.15, 0.2) is 12.1 Å². The van der Waals surface area contributed by atoms with Gasteiger partial charge in [0.1, 0.15) is 0 Å². The first-order chi connectivity index (χ1) is 7.16. The van der Waals surface area contributed by atoms with E-state index in [1.165, 1.54) is 4.88 Å². The molecule has 1 aromatic heterocycles. The second-order valence-electron chi connectivity index (χ2n) is 4.47. The summed E-state index contributed by atoms with van der Waals surface area (Å²) in [6.07, 6.45) is 1.03. The van der Waals surface area contributed by atoms with Crippen LogP contribution in [0.4, 0.5) is 0 Å². The molecule has 0 aliphatic carbocycles. The summed E-state index contributed by atoms with van der Waals surface area (Å²) in [5.41, 5.74) is 0. The molecular formula is C12H17NOS. The number of aryl methyl sites for hydroxylation is 1. The van der Waals surface area contributed by atoms with Crippen molar-refractivity contribution in [3.63, 3.8) is 0 Å². The van der Waals surface area contributed by atoms with Gasteiger partial charge in [0, 0.05) is 17.3 Å². The predicted octanol–water partition coefficient (Wildman–Crippen LogP) is 2.48. The monoisotopic (exact) mass is 223 g/mol. The lowest BCUT2D eigenvalue weighted by Crippen LogP contribution is -2.38. The van der Waals surface area contributed by atoms with Crippen molar-refractivity contribution in [3.05, 3.63) is 21.9 Å². The minimum Gasteiger partial charge on any atom is -0.316 e. The van der Waals surface area contributed by atoms with Crippen molar-refractivity contribution in [1.82, 2.24) is 5.32 Å². The molecule has 2 nitrogen and oxygen atoms in total. The Labute approximate surface area is 94.7 Å². The Bertz CT molecular complexity index is 358. The van der Waals surface area contributed by atoms with Gasteiger partial charge in [-0.2, -0.15) is 0 Å². The van der Waals surface area contributed by atoms with Crippen LogP contribution in [-0.4, -0.2) is 18.9 Å². The molecule has 15 heavy (non-hydrogen) atoms. The van der Waals surface area contributed by atoms with Crippen molar-refractivity contribution in [2.45, 2.75) is 20.3 Å². The molecule has 1 aromatic rings. The molecule has 0 amide bonds. The van der Waals surface area contributed by atoms with Crippen molar-refractivity contribution in [2.75, 3.05) is 13.1 Å². The van der Waals surface area contributed by atoms with Gasteiger partial charge in [0.15, 0.2) is 5.78 Å². The first kappa shape index (κ1) is 10.8. The average molecular weight is 223 g/mol. The van der Waals surface area contributed by atoms with Gasteiger partial charge in [-0.1, -0.05) is 6.92 Å². The van der Waals surface area contributed by atoms with E-state index in [1.54, 1.807) is 11.3 Å². The molecule has 0 aromatic carbocycles. The van der Waals surface area contributed by atoms with Crippen molar-refractivity contribution in [2.24, 2.45) is 11.8 Å².